The van der Waals surface area contributed by atoms with E-state index in [1.165, 1.54) is 0 Å². The molecule has 3 atom stereocenters. The first kappa shape index (κ1) is 6.70. The summed E-state index contributed by atoms with van der Waals surface area (Å²) < 4.78 is 0. The largest absolute Gasteiger partial charge is 0.512 e. The zero-order valence-electron chi connectivity index (χ0n) is 6.92. The van der Waals surface area contributed by atoms with Crippen molar-refractivity contribution in [2.24, 2.45) is 17.8 Å². The minimum absolute atomic E-state index is 0.250. The SMILES string of the molecule is O=C1C2=C(O)[C@H]3C[C@@H](C2)C[C@@H]1C3. The summed E-state index contributed by atoms with van der Waals surface area (Å²) in [5.74, 6) is 2.01. The van der Waals surface area contributed by atoms with Gasteiger partial charge in [-0.2, -0.15) is 0 Å². The zero-order chi connectivity index (χ0) is 8.29. The third kappa shape index (κ3) is 0.637. The first-order valence-electron chi connectivity index (χ1n) is 4.72. The molecule has 0 spiro atoms. The van der Waals surface area contributed by atoms with Gasteiger partial charge in [-0.05, 0) is 31.6 Å². The maximum absolute atomic E-state index is 11.6. The summed E-state index contributed by atoms with van der Waals surface area (Å²) in [7, 11) is 0. The van der Waals surface area contributed by atoms with E-state index in [1.54, 1.807) is 0 Å². The molecule has 0 aromatic carbocycles. The van der Waals surface area contributed by atoms with E-state index < -0.39 is 0 Å². The van der Waals surface area contributed by atoms with Gasteiger partial charge >= 0.3 is 0 Å². The van der Waals surface area contributed by atoms with Crippen LogP contribution in [0, 0.1) is 17.8 Å². The number of aliphatic hydroxyl groups is 1. The lowest BCUT2D eigenvalue weighted by Crippen LogP contribution is -2.41. The highest BCUT2D eigenvalue weighted by atomic mass is 16.3. The molecule has 64 valence electrons. The Bertz CT molecular complexity index is 290. The standard InChI is InChI=1S/C10H12O2/c11-9-6-1-5-2-7(4-6)10(12)8(9)3-5/h5-7,11H,1-4H2/t5-,6+,7-/m1/s1. The monoisotopic (exact) mass is 164 g/mol. The van der Waals surface area contributed by atoms with Crippen LogP contribution >= 0.6 is 0 Å². The molecule has 2 saturated carbocycles. The van der Waals surface area contributed by atoms with Gasteiger partial charge in [0.1, 0.15) is 5.76 Å². The average molecular weight is 164 g/mol. The predicted octanol–water partition coefficient (Wildman–Crippen LogP) is 1.82. The number of hydrogen-bond donors (Lipinski definition) is 1. The van der Waals surface area contributed by atoms with Crippen LogP contribution in [-0.2, 0) is 4.79 Å². The van der Waals surface area contributed by atoms with E-state index in [0.717, 1.165) is 31.3 Å². The highest BCUT2D eigenvalue weighted by molar-refractivity contribution is 5.99. The van der Waals surface area contributed by atoms with Crippen LogP contribution in [0.5, 0.6) is 0 Å². The molecule has 4 bridgehead atoms. The van der Waals surface area contributed by atoms with Crippen LogP contribution in [0.1, 0.15) is 25.7 Å². The van der Waals surface area contributed by atoms with Crippen molar-refractivity contribution in [2.45, 2.75) is 25.7 Å². The number of carbonyl (C=O) groups excluding carboxylic acids is 1. The number of carbonyl (C=O) groups is 1. The van der Waals surface area contributed by atoms with Crippen molar-refractivity contribution in [3.63, 3.8) is 0 Å². The van der Waals surface area contributed by atoms with Crippen LogP contribution in [-0.4, -0.2) is 10.9 Å². The van der Waals surface area contributed by atoms with Crippen LogP contribution < -0.4 is 0 Å². The van der Waals surface area contributed by atoms with Gasteiger partial charge in [0.25, 0.3) is 0 Å². The molecule has 2 fully saturated rings. The molecular weight excluding hydrogens is 152 g/mol. The topological polar surface area (TPSA) is 37.3 Å². The normalized spacial score (nSPS) is 44.3. The first-order chi connectivity index (χ1) is 5.75. The van der Waals surface area contributed by atoms with Gasteiger partial charge in [0.2, 0.25) is 0 Å². The second-order valence-electron chi connectivity index (χ2n) is 4.40. The Hall–Kier alpha value is -0.790. The Morgan fingerprint density at radius 2 is 1.92 bits per heavy atom. The fourth-order valence-electron chi connectivity index (χ4n) is 3.15. The lowest BCUT2D eigenvalue weighted by molar-refractivity contribution is -0.125. The first-order valence-corrected chi connectivity index (χ1v) is 4.72. The quantitative estimate of drug-likeness (QED) is 0.593. The highest BCUT2D eigenvalue weighted by Crippen LogP contribution is 2.50. The summed E-state index contributed by atoms with van der Waals surface area (Å²) in [5.41, 5.74) is 0.777. The third-order valence-corrected chi connectivity index (χ3v) is 3.66. The summed E-state index contributed by atoms with van der Waals surface area (Å²) in [4.78, 5) is 11.6. The fraction of sp³-hybridized carbons (Fsp3) is 0.700. The van der Waals surface area contributed by atoms with E-state index in [9.17, 15) is 9.90 Å². The van der Waals surface area contributed by atoms with E-state index in [1.807, 2.05) is 0 Å². The van der Waals surface area contributed by atoms with E-state index in [-0.39, 0.29) is 11.7 Å². The molecular formula is C10H12O2. The zero-order valence-corrected chi connectivity index (χ0v) is 6.92. The predicted molar refractivity (Wildman–Crippen MR) is 43.6 cm³/mol. The number of Topliss-reactive ketones (excluding diaryl/α,β-unsaturated/α-hetero) is 1. The number of hydrogen-bond acceptors (Lipinski definition) is 2. The molecule has 0 aromatic heterocycles. The van der Waals surface area contributed by atoms with Crippen LogP contribution in [0.4, 0.5) is 0 Å². The number of ketones is 1. The van der Waals surface area contributed by atoms with Crippen LogP contribution in [0.2, 0.25) is 0 Å². The summed E-state index contributed by atoms with van der Waals surface area (Å²) >= 11 is 0. The van der Waals surface area contributed by atoms with E-state index in [0.29, 0.717) is 17.6 Å². The second kappa shape index (κ2) is 1.93. The van der Waals surface area contributed by atoms with Gasteiger partial charge in [0.15, 0.2) is 5.78 Å². The number of aliphatic hydroxyl groups excluding tert-OH is 1. The molecule has 0 unspecified atom stereocenters. The molecule has 2 nitrogen and oxygen atoms in total. The van der Waals surface area contributed by atoms with Gasteiger partial charge in [-0.25, -0.2) is 0 Å². The number of rotatable bonds is 0. The van der Waals surface area contributed by atoms with Crippen molar-refractivity contribution in [3.05, 3.63) is 11.3 Å². The van der Waals surface area contributed by atoms with Crippen molar-refractivity contribution in [1.82, 2.24) is 0 Å². The minimum Gasteiger partial charge on any atom is -0.512 e. The molecule has 12 heavy (non-hydrogen) atoms. The molecule has 0 aromatic rings. The van der Waals surface area contributed by atoms with Crippen molar-refractivity contribution < 1.29 is 9.90 Å². The molecule has 2 heteroatoms. The van der Waals surface area contributed by atoms with Crippen LogP contribution in [0.3, 0.4) is 0 Å². The molecule has 0 saturated heterocycles. The van der Waals surface area contributed by atoms with Crippen LogP contribution in [0.25, 0.3) is 0 Å². The van der Waals surface area contributed by atoms with Crippen molar-refractivity contribution in [3.8, 4) is 0 Å². The number of allylic oxidation sites excluding steroid dienone is 2. The second-order valence-corrected chi connectivity index (χ2v) is 4.40. The average Bonchev–Trinajstić information content (AvgIpc) is 2.07. The molecule has 0 amide bonds. The Labute approximate surface area is 71.3 Å². The van der Waals surface area contributed by atoms with Crippen molar-refractivity contribution in [1.29, 1.82) is 0 Å². The summed E-state index contributed by atoms with van der Waals surface area (Å²) in [6.45, 7) is 0. The molecule has 0 aliphatic heterocycles. The summed E-state index contributed by atoms with van der Waals surface area (Å²) in [6, 6.07) is 0. The highest BCUT2D eigenvalue weighted by Gasteiger charge is 2.46. The Morgan fingerprint density at radius 1 is 1.17 bits per heavy atom. The van der Waals surface area contributed by atoms with E-state index in [4.69, 9.17) is 0 Å². The Balaban J connectivity index is 2.15. The Morgan fingerprint density at radius 3 is 2.75 bits per heavy atom. The maximum atomic E-state index is 11.6. The van der Waals surface area contributed by atoms with Gasteiger partial charge in [0, 0.05) is 17.4 Å². The Kier molecular flexibility index (Phi) is 1.07. The lowest BCUT2D eigenvalue weighted by atomic mass is 9.60. The fourth-order valence-corrected chi connectivity index (χ4v) is 3.15. The van der Waals surface area contributed by atoms with Gasteiger partial charge in [-0.1, -0.05) is 0 Å². The minimum atomic E-state index is 0.250. The van der Waals surface area contributed by atoms with Crippen LogP contribution in [0.15, 0.2) is 11.3 Å². The van der Waals surface area contributed by atoms with E-state index >= 15 is 0 Å². The summed E-state index contributed by atoms with van der Waals surface area (Å²) in [6.07, 6.45) is 3.99. The van der Waals surface area contributed by atoms with Gasteiger partial charge in [-0.15, -0.1) is 0 Å². The van der Waals surface area contributed by atoms with Gasteiger partial charge in [0.05, 0.1) is 0 Å². The van der Waals surface area contributed by atoms with E-state index in [2.05, 4.69) is 0 Å². The molecule has 1 N–H and O–H groups in total. The van der Waals surface area contributed by atoms with Crippen molar-refractivity contribution in [2.75, 3.05) is 0 Å². The molecule has 4 aliphatic rings. The molecule has 0 radical (unpaired) electrons. The van der Waals surface area contributed by atoms with Crippen molar-refractivity contribution >= 4 is 5.78 Å². The van der Waals surface area contributed by atoms with Gasteiger partial charge in [-0.3, -0.25) is 4.79 Å². The van der Waals surface area contributed by atoms with Gasteiger partial charge < -0.3 is 5.11 Å². The lowest BCUT2D eigenvalue weighted by Gasteiger charge is -2.44. The maximum Gasteiger partial charge on any atom is 0.165 e. The molecule has 4 rings (SSSR count). The smallest absolute Gasteiger partial charge is 0.165 e. The molecule has 4 aliphatic carbocycles. The third-order valence-electron chi connectivity index (χ3n) is 3.66. The summed E-state index contributed by atoms with van der Waals surface area (Å²) in [5, 5.41) is 9.66. The molecule has 0 heterocycles.